The highest BCUT2D eigenvalue weighted by Gasteiger charge is 2.35. The number of carboxylic acids is 1. The number of aliphatic carboxylic acids is 1. The van der Waals surface area contributed by atoms with Gasteiger partial charge in [0.05, 0.1) is 7.11 Å². The summed E-state index contributed by atoms with van der Waals surface area (Å²) in [4.78, 5) is 14.4. The van der Waals surface area contributed by atoms with Crippen molar-refractivity contribution in [2.45, 2.75) is 29.8 Å². The molecule has 2 aromatic rings. The second-order valence-electron chi connectivity index (χ2n) is 7.40. The van der Waals surface area contributed by atoms with Gasteiger partial charge in [0.2, 0.25) is 0 Å². The number of thioether (sulfide) groups is 1. The molecule has 2 atom stereocenters. The number of likely N-dealkylation sites (N-methyl/N-ethyl adjacent to an activating group) is 1. The molecule has 6 nitrogen and oxygen atoms in total. The first kappa shape index (κ1) is 24.6. The van der Waals surface area contributed by atoms with E-state index in [1.165, 1.54) is 22.9 Å². The summed E-state index contributed by atoms with van der Waals surface area (Å²) in [6.07, 6.45) is 1.77. The van der Waals surface area contributed by atoms with Crippen molar-refractivity contribution in [3.8, 4) is 22.6 Å². The van der Waals surface area contributed by atoms with Crippen LogP contribution >= 0.6 is 36.6 Å². The zero-order chi connectivity index (χ0) is 20.0. The number of carbonyl (C=O) groups is 1. The molecule has 0 saturated heterocycles. The Morgan fingerprint density at radius 2 is 2.07 bits per heavy atom. The van der Waals surface area contributed by atoms with Crippen LogP contribution in [0.3, 0.4) is 0 Å². The Bertz CT molecular complexity index is 957. The molecule has 0 aromatic heterocycles. The van der Waals surface area contributed by atoms with Gasteiger partial charge in [0.1, 0.15) is 6.04 Å². The third kappa shape index (κ3) is 4.22. The molecule has 0 bridgehead atoms. The van der Waals surface area contributed by atoms with Gasteiger partial charge in [-0.2, -0.15) is 0 Å². The van der Waals surface area contributed by atoms with E-state index in [1.54, 1.807) is 7.11 Å². The lowest BCUT2D eigenvalue weighted by Crippen LogP contribution is -2.35. The average Bonchev–Trinajstić information content (AvgIpc) is 2.68. The minimum Gasteiger partial charge on any atom is -0.504 e. The van der Waals surface area contributed by atoms with Crippen LogP contribution in [0.25, 0.3) is 11.1 Å². The Hall–Kier alpha value is -1.64. The second-order valence-corrected chi connectivity index (χ2v) is 8.49. The van der Waals surface area contributed by atoms with E-state index in [-0.39, 0.29) is 36.6 Å². The van der Waals surface area contributed by atoms with Gasteiger partial charge in [-0.25, -0.2) is 0 Å². The molecule has 164 valence electrons. The van der Waals surface area contributed by atoms with E-state index < -0.39 is 12.0 Å². The van der Waals surface area contributed by atoms with Crippen molar-refractivity contribution in [2.24, 2.45) is 5.73 Å². The molecule has 2 aromatic carbocycles. The Morgan fingerprint density at radius 1 is 1.33 bits per heavy atom. The summed E-state index contributed by atoms with van der Waals surface area (Å²) in [5.74, 6) is -0.0750. The number of aromatic hydroxyl groups is 1. The van der Waals surface area contributed by atoms with E-state index in [0.717, 1.165) is 41.0 Å². The number of nitrogens with two attached hydrogens (primary N) is 1. The molecule has 2 aliphatic rings. The fourth-order valence-electron chi connectivity index (χ4n) is 4.22. The zero-order valence-corrected chi connectivity index (χ0v) is 19.2. The first-order chi connectivity index (χ1) is 13.4. The highest BCUT2D eigenvalue weighted by Crippen LogP contribution is 2.51. The number of hydrogen-bond donors (Lipinski definition) is 3. The molecule has 0 spiro atoms. The molecule has 0 saturated carbocycles. The number of benzene rings is 2. The maximum Gasteiger partial charge on any atom is 0.321 e. The van der Waals surface area contributed by atoms with Crippen molar-refractivity contribution in [3.63, 3.8) is 0 Å². The maximum absolute atomic E-state index is 11.1. The maximum atomic E-state index is 11.1. The number of ether oxygens (including phenoxy) is 1. The summed E-state index contributed by atoms with van der Waals surface area (Å²) < 4.78 is 5.33. The summed E-state index contributed by atoms with van der Waals surface area (Å²) >= 11 is 1.44. The van der Waals surface area contributed by atoms with E-state index in [9.17, 15) is 9.90 Å². The Morgan fingerprint density at radius 3 is 2.73 bits per heavy atom. The summed E-state index contributed by atoms with van der Waals surface area (Å²) in [5.41, 5.74) is 11.1. The largest absolute Gasteiger partial charge is 0.504 e. The van der Waals surface area contributed by atoms with Crippen LogP contribution in [-0.4, -0.2) is 53.6 Å². The van der Waals surface area contributed by atoms with E-state index in [2.05, 4.69) is 24.1 Å². The third-order valence-corrected chi connectivity index (χ3v) is 6.81. The Balaban J connectivity index is 0.00000160. The first-order valence-corrected chi connectivity index (χ1v) is 10.3. The van der Waals surface area contributed by atoms with Gasteiger partial charge >= 0.3 is 5.97 Å². The number of nitrogens with zero attached hydrogens (tertiary/aromatic N) is 1. The normalized spacial score (nSPS) is 17.6. The minimum absolute atomic E-state index is 0. The van der Waals surface area contributed by atoms with Crippen molar-refractivity contribution < 1.29 is 19.7 Å². The van der Waals surface area contributed by atoms with Gasteiger partial charge in [-0.1, -0.05) is 6.07 Å². The van der Waals surface area contributed by atoms with Crippen LogP contribution in [0.1, 0.15) is 22.7 Å². The quantitative estimate of drug-likeness (QED) is 0.572. The highest BCUT2D eigenvalue weighted by atomic mass is 35.5. The van der Waals surface area contributed by atoms with E-state index in [4.69, 9.17) is 15.6 Å². The molecule has 4 N–H and O–H groups in total. The van der Waals surface area contributed by atoms with Crippen molar-refractivity contribution in [3.05, 3.63) is 41.0 Å². The molecule has 1 heterocycles. The van der Waals surface area contributed by atoms with Gasteiger partial charge < -0.3 is 20.7 Å². The lowest BCUT2D eigenvalue weighted by atomic mass is 9.77. The molecule has 4 rings (SSSR count). The first-order valence-electron chi connectivity index (χ1n) is 9.28. The van der Waals surface area contributed by atoms with Crippen LogP contribution in [0.2, 0.25) is 0 Å². The second kappa shape index (κ2) is 9.66. The van der Waals surface area contributed by atoms with Crippen molar-refractivity contribution in [1.82, 2.24) is 4.90 Å². The molecular formula is C21H26Cl2N2O4S. The third-order valence-electron chi connectivity index (χ3n) is 5.71. The molecule has 9 heteroatoms. The molecule has 1 aliphatic heterocycles. The molecular weight excluding hydrogens is 447 g/mol. The van der Waals surface area contributed by atoms with Crippen molar-refractivity contribution >= 4 is 42.5 Å². The van der Waals surface area contributed by atoms with Crippen LogP contribution in [0, 0.1) is 0 Å². The number of phenolic OH excluding ortho intramolecular Hbond substituents is 1. The fraction of sp³-hybridized carbons (Fsp3) is 0.381. The summed E-state index contributed by atoms with van der Waals surface area (Å²) in [7, 11) is 3.69. The average molecular weight is 473 g/mol. The summed E-state index contributed by atoms with van der Waals surface area (Å²) in [5, 5.41) is 19.9. The number of rotatable bonds is 5. The van der Waals surface area contributed by atoms with E-state index in [1.807, 2.05) is 12.1 Å². The molecule has 0 fully saturated rings. The SMILES string of the molecule is COc1ccc2c(c1O)-c1cc(SC[C@H](N)C(=O)O)cc3c1[C@@H](C2)N(C)CC3.Cl.Cl. The number of phenols is 1. The van der Waals surface area contributed by atoms with Crippen molar-refractivity contribution in [1.29, 1.82) is 0 Å². The van der Waals surface area contributed by atoms with Crippen molar-refractivity contribution in [2.75, 3.05) is 26.5 Å². The number of methoxy groups -OCH3 is 1. The van der Waals surface area contributed by atoms with Crippen LogP contribution in [0.4, 0.5) is 0 Å². The van der Waals surface area contributed by atoms with Gasteiger partial charge in [-0.15, -0.1) is 36.6 Å². The standard InChI is InChI=1S/C21H24N2O4S.2ClH/c1-23-6-5-12-7-13(28-10-15(22)21(25)26)9-14-18(12)16(23)8-11-3-4-17(27-2)20(24)19(11)14;;/h3-4,7,9,15-16,24H,5-6,8,10,22H2,1-2H3,(H,25,26);2*1H/t15-,16+;;/m0../s1. The van der Waals surface area contributed by atoms with E-state index >= 15 is 0 Å². The van der Waals surface area contributed by atoms with Crippen LogP contribution in [0.5, 0.6) is 11.5 Å². The topological polar surface area (TPSA) is 96.0 Å². The van der Waals surface area contributed by atoms with Crippen LogP contribution in [-0.2, 0) is 17.6 Å². The molecule has 0 unspecified atom stereocenters. The smallest absolute Gasteiger partial charge is 0.321 e. The number of carboxylic acid groups (broad SMARTS) is 1. The monoisotopic (exact) mass is 472 g/mol. The minimum atomic E-state index is -0.999. The lowest BCUT2D eigenvalue weighted by Gasteiger charge is -2.40. The van der Waals surface area contributed by atoms with Gasteiger partial charge in [0.15, 0.2) is 11.5 Å². The van der Waals surface area contributed by atoms with Gasteiger partial charge in [0, 0.05) is 28.8 Å². The number of hydrogen-bond acceptors (Lipinski definition) is 6. The number of fused-ring (bicyclic) bond motifs is 2. The summed E-state index contributed by atoms with van der Waals surface area (Å²) in [6.45, 7) is 0.970. The van der Waals surface area contributed by atoms with Gasteiger partial charge in [-0.3, -0.25) is 9.69 Å². The van der Waals surface area contributed by atoms with Gasteiger partial charge in [0.25, 0.3) is 0 Å². The van der Waals surface area contributed by atoms with E-state index in [0.29, 0.717) is 11.5 Å². The molecule has 30 heavy (non-hydrogen) atoms. The molecule has 0 amide bonds. The zero-order valence-electron chi connectivity index (χ0n) is 16.8. The summed E-state index contributed by atoms with van der Waals surface area (Å²) in [6, 6.07) is 7.42. The number of halogens is 2. The predicted molar refractivity (Wildman–Crippen MR) is 124 cm³/mol. The molecule has 1 aliphatic carbocycles. The fourth-order valence-corrected chi connectivity index (χ4v) is 5.16. The van der Waals surface area contributed by atoms with Crippen LogP contribution < -0.4 is 10.5 Å². The molecule has 0 radical (unpaired) electrons. The van der Waals surface area contributed by atoms with Gasteiger partial charge in [-0.05, 0) is 60.3 Å². The lowest BCUT2D eigenvalue weighted by molar-refractivity contribution is -0.137. The van der Waals surface area contributed by atoms with Crippen LogP contribution in [0.15, 0.2) is 29.2 Å². The predicted octanol–water partition coefficient (Wildman–Crippen LogP) is 3.50. The Labute approximate surface area is 192 Å². The highest BCUT2D eigenvalue weighted by molar-refractivity contribution is 7.99. The Kier molecular flexibility index (Phi) is 7.93.